The Kier molecular flexibility index (Phi) is 4.46. The maximum Gasteiger partial charge on any atom is 0.0828 e. The molecule has 0 saturated heterocycles. The van der Waals surface area contributed by atoms with E-state index in [-0.39, 0.29) is 6.61 Å². The smallest absolute Gasteiger partial charge is 0.0828 e. The van der Waals surface area contributed by atoms with E-state index in [4.69, 9.17) is 5.11 Å². The van der Waals surface area contributed by atoms with Gasteiger partial charge in [0.05, 0.1) is 12.2 Å². The first-order valence-corrected chi connectivity index (χ1v) is 5.28. The van der Waals surface area contributed by atoms with Crippen molar-refractivity contribution >= 4 is 0 Å². The lowest BCUT2D eigenvalue weighted by Crippen LogP contribution is -2.26. The zero-order valence-electron chi connectivity index (χ0n) is 8.21. The van der Waals surface area contributed by atoms with Crippen molar-refractivity contribution in [3.05, 3.63) is 12.2 Å². The van der Waals surface area contributed by atoms with Crippen LogP contribution in [0, 0.1) is 0 Å². The Morgan fingerprint density at radius 2 is 1.54 bits per heavy atom. The summed E-state index contributed by atoms with van der Waals surface area (Å²) in [5.74, 6) is 0. The van der Waals surface area contributed by atoms with E-state index in [9.17, 15) is 5.11 Å². The summed E-state index contributed by atoms with van der Waals surface area (Å²) in [7, 11) is 0. The molecule has 0 bridgehead atoms. The van der Waals surface area contributed by atoms with Crippen LogP contribution in [0.5, 0.6) is 0 Å². The van der Waals surface area contributed by atoms with Gasteiger partial charge in [0, 0.05) is 0 Å². The second kappa shape index (κ2) is 5.40. The first-order chi connectivity index (χ1) is 6.27. The van der Waals surface area contributed by atoms with Crippen LogP contribution in [0.4, 0.5) is 0 Å². The first kappa shape index (κ1) is 10.7. The maximum absolute atomic E-state index is 10.1. The molecule has 1 aliphatic carbocycles. The molecule has 76 valence electrons. The van der Waals surface area contributed by atoms with Gasteiger partial charge in [-0.1, -0.05) is 44.3 Å². The Hall–Kier alpha value is -0.340. The first-order valence-electron chi connectivity index (χ1n) is 5.28. The van der Waals surface area contributed by atoms with E-state index in [1.54, 1.807) is 12.2 Å². The molecular weight excluding hydrogens is 164 g/mol. The van der Waals surface area contributed by atoms with E-state index in [0.717, 1.165) is 25.7 Å². The minimum Gasteiger partial charge on any atom is -0.392 e. The van der Waals surface area contributed by atoms with Crippen LogP contribution in [0.15, 0.2) is 12.2 Å². The van der Waals surface area contributed by atoms with E-state index < -0.39 is 5.60 Å². The lowest BCUT2D eigenvalue weighted by molar-refractivity contribution is 0.0614. The number of rotatable bonds is 2. The summed E-state index contributed by atoms with van der Waals surface area (Å²) in [4.78, 5) is 0. The van der Waals surface area contributed by atoms with Crippen LogP contribution in [0.25, 0.3) is 0 Å². The zero-order valence-corrected chi connectivity index (χ0v) is 8.21. The molecule has 0 radical (unpaired) electrons. The minimum atomic E-state index is -0.636. The van der Waals surface area contributed by atoms with Crippen molar-refractivity contribution in [2.45, 2.75) is 50.5 Å². The van der Waals surface area contributed by atoms with Crippen molar-refractivity contribution in [2.75, 3.05) is 6.61 Å². The number of hydrogen-bond acceptors (Lipinski definition) is 2. The van der Waals surface area contributed by atoms with Gasteiger partial charge in [-0.3, -0.25) is 0 Å². The van der Waals surface area contributed by atoms with Gasteiger partial charge in [-0.25, -0.2) is 0 Å². The van der Waals surface area contributed by atoms with Gasteiger partial charge in [-0.15, -0.1) is 0 Å². The van der Waals surface area contributed by atoms with Crippen molar-refractivity contribution < 1.29 is 10.2 Å². The van der Waals surface area contributed by atoms with E-state index in [1.807, 2.05) is 0 Å². The van der Waals surface area contributed by atoms with Crippen LogP contribution in [-0.2, 0) is 0 Å². The fraction of sp³-hybridized carbons (Fsp3) is 0.818. The molecule has 0 amide bonds. The van der Waals surface area contributed by atoms with Crippen LogP contribution >= 0.6 is 0 Å². The molecule has 1 saturated carbocycles. The normalized spacial score (nSPS) is 24.2. The highest BCUT2D eigenvalue weighted by Gasteiger charge is 2.23. The van der Waals surface area contributed by atoms with Gasteiger partial charge < -0.3 is 10.2 Å². The number of aliphatic hydroxyl groups excluding tert-OH is 1. The summed E-state index contributed by atoms with van der Waals surface area (Å²) in [6.45, 7) is 0.0301. The van der Waals surface area contributed by atoms with Gasteiger partial charge in [0.25, 0.3) is 0 Å². The van der Waals surface area contributed by atoms with Crippen molar-refractivity contribution in [1.82, 2.24) is 0 Å². The second-order valence-electron chi connectivity index (χ2n) is 3.96. The average Bonchev–Trinajstić information content (AvgIpc) is 2.09. The molecule has 0 aromatic heterocycles. The Morgan fingerprint density at radius 3 is 2.08 bits per heavy atom. The third-order valence-electron chi connectivity index (χ3n) is 2.75. The van der Waals surface area contributed by atoms with Gasteiger partial charge in [0.1, 0.15) is 0 Å². The van der Waals surface area contributed by atoms with Gasteiger partial charge in [0.15, 0.2) is 0 Å². The third-order valence-corrected chi connectivity index (χ3v) is 2.75. The molecule has 0 spiro atoms. The van der Waals surface area contributed by atoms with Crippen molar-refractivity contribution in [3.8, 4) is 0 Å². The van der Waals surface area contributed by atoms with Crippen molar-refractivity contribution in [3.63, 3.8) is 0 Å². The molecule has 2 nitrogen and oxygen atoms in total. The van der Waals surface area contributed by atoms with Crippen molar-refractivity contribution in [1.29, 1.82) is 0 Å². The van der Waals surface area contributed by atoms with E-state index >= 15 is 0 Å². The molecule has 0 aliphatic heterocycles. The van der Waals surface area contributed by atoms with Gasteiger partial charge >= 0.3 is 0 Å². The summed E-state index contributed by atoms with van der Waals surface area (Å²) in [6, 6.07) is 0. The molecule has 2 N–H and O–H groups in total. The summed E-state index contributed by atoms with van der Waals surface area (Å²) < 4.78 is 0. The van der Waals surface area contributed by atoms with Crippen LogP contribution in [0.2, 0.25) is 0 Å². The van der Waals surface area contributed by atoms with Gasteiger partial charge in [0.2, 0.25) is 0 Å². The summed E-state index contributed by atoms with van der Waals surface area (Å²) in [6.07, 6.45) is 11.1. The molecule has 0 heterocycles. The molecule has 1 rings (SSSR count). The van der Waals surface area contributed by atoms with Crippen LogP contribution in [-0.4, -0.2) is 22.4 Å². The SMILES string of the molecule is OC/C=C/C1(O)CCCCCCC1. The highest BCUT2D eigenvalue weighted by atomic mass is 16.3. The summed E-state index contributed by atoms with van der Waals surface area (Å²) in [5.41, 5.74) is -0.636. The predicted molar refractivity (Wildman–Crippen MR) is 53.5 cm³/mol. The molecule has 0 atom stereocenters. The standard InChI is InChI=1S/C11H20O2/c12-10-6-9-11(13)7-4-2-1-3-5-8-11/h6,9,12-13H,1-5,7-8,10H2/b9-6+. The average molecular weight is 184 g/mol. The van der Waals surface area contributed by atoms with Crippen LogP contribution < -0.4 is 0 Å². The number of aliphatic hydroxyl groups is 2. The Labute approximate surface area is 80.3 Å². The minimum absolute atomic E-state index is 0.0301. The van der Waals surface area contributed by atoms with E-state index in [1.165, 1.54) is 19.3 Å². The lowest BCUT2D eigenvalue weighted by atomic mass is 9.87. The molecule has 0 unspecified atom stereocenters. The molecule has 1 aliphatic rings. The number of hydrogen-bond donors (Lipinski definition) is 2. The van der Waals surface area contributed by atoms with Crippen LogP contribution in [0.3, 0.4) is 0 Å². The molecule has 0 aromatic rings. The third kappa shape index (κ3) is 3.92. The van der Waals surface area contributed by atoms with E-state index in [0.29, 0.717) is 0 Å². The largest absolute Gasteiger partial charge is 0.392 e. The topological polar surface area (TPSA) is 40.5 Å². The Morgan fingerprint density at radius 1 is 1.00 bits per heavy atom. The highest BCUT2D eigenvalue weighted by molar-refractivity contribution is 5.01. The van der Waals surface area contributed by atoms with Crippen molar-refractivity contribution in [2.24, 2.45) is 0 Å². The van der Waals surface area contributed by atoms with Gasteiger partial charge in [-0.2, -0.15) is 0 Å². The second-order valence-corrected chi connectivity index (χ2v) is 3.96. The lowest BCUT2D eigenvalue weighted by Gasteiger charge is -2.26. The fourth-order valence-electron chi connectivity index (χ4n) is 1.96. The molecular formula is C11H20O2. The van der Waals surface area contributed by atoms with E-state index in [2.05, 4.69) is 0 Å². The Balaban J connectivity index is 2.46. The molecule has 2 heteroatoms. The molecule has 0 aromatic carbocycles. The summed E-state index contributed by atoms with van der Waals surface area (Å²) >= 11 is 0. The van der Waals surface area contributed by atoms with Gasteiger partial charge in [-0.05, 0) is 12.8 Å². The fourth-order valence-corrected chi connectivity index (χ4v) is 1.96. The quantitative estimate of drug-likeness (QED) is 0.644. The predicted octanol–water partition coefficient (Wildman–Crippen LogP) is 2.01. The zero-order chi connectivity index (χ0) is 9.57. The monoisotopic (exact) mass is 184 g/mol. The Bertz CT molecular complexity index is 155. The highest BCUT2D eigenvalue weighted by Crippen LogP contribution is 2.27. The maximum atomic E-state index is 10.1. The van der Waals surface area contributed by atoms with Crippen LogP contribution in [0.1, 0.15) is 44.9 Å². The molecule has 1 fully saturated rings. The summed E-state index contributed by atoms with van der Waals surface area (Å²) in [5, 5.41) is 18.7. The molecule has 13 heavy (non-hydrogen) atoms.